The number of carbonyl (C=O) groups is 2. The molecular formula is C16H17N3O4S. The molecule has 0 radical (unpaired) electrons. The van der Waals surface area contributed by atoms with E-state index in [0.29, 0.717) is 27.7 Å². The molecule has 0 saturated heterocycles. The van der Waals surface area contributed by atoms with E-state index in [9.17, 15) is 14.9 Å². The molecule has 0 fully saturated rings. The van der Waals surface area contributed by atoms with Gasteiger partial charge in [0.15, 0.2) is 0 Å². The van der Waals surface area contributed by atoms with Crippen LogP contribution in [0.2, 0.25) is 0 Å². The summed E-state index contributed by atoms with van der Waals surface area (Å²) in [5.41, 5.74) is 6.19. The second-order valence-electron chi connectivity index (χ2n) is 5.02. The number of nitrogens with zero attached hydrogens (tertiary/aromatic N) is 1. The molecule has 8 heteroatoms. The fourth-order valence-electron chi connectivity index (χ4n) is 2.45. The number of thioether (sulfide) groups is 1. The molecule has 1 aromatic carbocycles. The van der Waals surface area contributed by atoms with Gasteiger partial charge in [-0.1, -0.05) is 11.8 Å². The van der Waals surface area contributed by atoms with Gasteiger partial charge in [0.1, 0.15) is 11.5 Å². The van der Waals surface area contributed by atoms with Gasteiger partial charge in [0, 0.05) is 17.9 Å². The lowest BCUT2D eigenvalue weighted by Gasteiger charge is -2.26. The Balaban J connectivity index is 2.51. The predicted molar refractivity (Wildman–Crippen MR) is 89.3 cm³/mol. The van der Waals surface area contributed by atoms with E-state index in [1.165, 1.54) is 14.2 Å². The third-order valence-electron chi connectivity index (χ3n) is 3.53. The molecule has 2 rings (SSSR count). The number of primary amides is 1. The maximum Gasteiger partial charge on any atom is 0.227 e. The Kier molecular flexibility index (Phi) is 5.71. The third-order valence-corrected chi connectivity index (χ3v) is 4.57. The Hall–Kier alpha value is -2.66. The van der Waals surface area contributed by atoms with Gasteiger partial charge in [-0.25, -0.2) is 0 Å². The van der Waals surface area contributed by atoms with Crippen molar-refractivity contribution in [3.05, 3.63) is 34.4 Å². The van der Waals surface area contributed by atoms with Gasteiger partial charge in [-0.15, -0.1) is 0 Å². The molecule has 0 spiro atoms. The van der Waals surface area contributed by atoms with Crippen LogP contribution in [0.15, 0.2) is 28.8 Å². The number of hydrogen-bond acceptors (Lipinski definition) is 6. The summed E-state index contributed by atoms with van der Waals surface area (Å²) in [7, 11) is 3.06. The van der Waals surface area contributed by atoms with Crippen LogP contribution in [0.1, 0.15) is 17.9 Å². The summed E-state index contributed by atoms with van der Waals surface area (Å²) in [6, 6.07) is 7.34. The highest BCUT2D eigenvalue weighted by atomic mass is 32.2. The molecule has 0 unspecified atom stereocenters. The number of methoxy groups -OCH3 is 2. The minimum absolute atomic E-state index is 0.0250. The molecule has 1 aliphatic rings. The zero-order valence-electron chi connectivity index (χ0n) is 13.3. The molecule has 24 heavy (non-hydrogen) atoms. The summed E-state index contributed by atoms with van der Waals surface area (Å²) in [6.45, 7) is 0. The maximum atomic E-state index is 12.1. The van der Waals surface area contributed by atoms with Crippen LogP contribution in [-0.2, 0) is 9.59 Å². The van der Waals surface area contributed by atoms with Gasteiger partial charge in [0.25, 0.3) is 0 Å². The Morgan fingerprint density at radius 2 is 2.21 bits per heavy atom. The van der Waals surface area contributed by atoms with Crippen molar-refractivity contribution < 1.29 is 19.1 Å². The van der Waals surface area contributed by atoms with E-state index < -0.39 is 11.8 Å². The van der Waals surface area contributed by atoms with Gasteiger partial charge < -0.3 is 20.5 Å². The van der Waals surface area contributed by atoms with Gasteiger partial charge in [0.2, 0.25) is 11.8 Å². The average molecular weight is 347 g/mol. The number of nitrogens with one attached hydrogen (secondary N) is 1. The van der Waals surface area contributed by atoms with Crippen LogP contribution in [-0.4, -0.2) is 31.8 Å². The summed E-state index contributed by atoms with van der Waals surface area (Å²) in [4.78, 5) is 23.1. The van der Waals surface area contributed by atoms with E-state index >= 15 is 0 Å². The van der Waals surface area contributed by atoms with Crippen molar-refractivity contribution in [2.45, 2.75) is 12.3 Å². The molecule has 0 saturated carbocycles. The number of nitrogens with two attached hydrogens (primary N) is 1. The number of allylic oxidation sites excluding steroid dienone is 1. The van der Waals surface area contributed by atoms with Gasteiger partial charge in [0.05, 0.1) is 36.6 Å². The number of hydrogen-bond donors (Lipinski definition) is 2. The molecule has 1 aliphatic heterocycles. The zero-order valence-corrected chi connectivity index (χ0v) is 14.1. The van der Waals surface area contributed by atoms with Crippen LogP contribution in [0.4, 0.5) is 0 Å². The lowest BCUT2D eigenvalue weighted by Crippen LogP contribution is -2.31. The third kappa shape index (κ3) is 3.81. The normalized spacial score (nSPS) is 17.0. The van der Waals surface area contributed by atoms with Gasteiger partial charge in [-0.05, 0) is 18.2 Å². The molecule has 2 amide bonds. The summed E-state index contributed by atoms with van der Waals surface area (Å²) >= 11 is 1.04. The van der Waals surface area contributed by atoms with Crippen LogP contribution >= 0.6 is 11.8 Å². The zero-order chi connectivity index (χ0) is 17.7. The molecular weight excluding hydrogens is 330 g/mol. The number of benzene rings is 1. The van der Waals surface area contributed by atoms with E-state index in [1.807, 2.05) is 0 Å². The number of rotatable bonds is 6. The Labute approximate surface area is 143 Å². The van der Waals surface area contributed by atoms with E-state index in [-0.39, 0.29) is 18.1 Å². The van der Waals surface area contributed by atoms with Crippen molar-refractivity contribution in [2.24, 2.45) is 5.73 Å². The number of carbonyl (C=O) groups excluding carboxylic acids is 2. The fourth-order valence-corrected chi connectivity index (χ4v) is 3.27. The Morgan fingerprint density at radius 3 is 2.79 bits per heavy atom. The molecule has 1 atom stereocenters. The molecule has 1 heterocycles. The van der Waals surface area contributed by atoms with Crippen molar-refractivity contribution in [3.63, 3.8) is 0 Å². The summed E-state index contributed by atoms with van der Waals surface area (Å²) in [5.74, 6) is -0.119. The SMILES string of the molecule is COc1ccc(OC)c([C@@H]2CC(=O)NC(SCC(N)=O)=C2C#N)c1. The maximum absolute atomic E-state index is 12.1. The second kappa shape index (κ2) is 7.75. The lowest BCUT2D eigenvalue weighted by molar-refractivity contribution is -0.121. The first-order valence-corrected chi connectivity index (χ1v) is 8.05. The molecule has 0 bridgehead atoms. The first kappa shape index (κ1) is 17.7. The van der Waals surface area contributed by atoms with E-state index in [0.717, 1.165) is 11.8 Å². The van der Waals surface area contributed by atoms with Crippen molar-refractivity contribution >= 4 is 23.6 Å². The standard InChI is InChI=1S/C16H17N3O4S/c1-22-9-3-4-13(23-2)11(5-9)10-6-15(21)19-16(12(10)7-17)24-8-14(18)20/h3-5,10H,6,8H2,1-2H3,(H2,18,20)(H,19,21)/t10-/m0/s1. The summed E-state index contributed by atoms with van der Waals surface area (Å²) in [6.07, 6.45) is 0.104. The number of nitriles is 1. The summed E-state index contributed by atoms with van der Waals surface area (Å²) < 4.78 is 10.6. The van der Waals surface area contributed by atoms with Crippen molar-refractivity contribution in [3.8, 4) is 17.6 Å². The smallest absolute Gasteiger partial charge is 0.227 e. The number of amides is 2. The molecule has 3 N–H and O–H groups in total. The molecule has 1 aromatic rings. The van der Waals surface area contributed by atoms with Crippen molar-refractivity contribution in [1.29, 1.82) is 5.26 Å². The fraction of sp³-hybridized carbons (Fsp3) is 0.312. The molecule has 0 aromatic heterocycles. The van der Waals surface area contributed by atoms with Gasteiger partial charge >= 0.3 is 0 Å². The van der Waals surface area contributed by atoms with E-state index in [4.69, 9.17) is 15.2 Å². The van der Waals surface area contributed by atoms with Crippen LogP contribution in [0.5, 0.6) is 11.5 Å². The molecule has 0 aliphatic carbocycles. The predicted octanol–water partition coefficient (Wildman–Crippen LogP) is 1.26. The highest BCUT2D eigenvalue weighted by Crippen LogP contribution is 2.41. The Morgan fingerprint density at radius 1 is 1.46 bits per heavy atom. The minimum atomic E-state index is -0.528. The topological polar surface area (TPSA) is 114 Å². The van der Waals surface area contributed by atoms with E-state index in [2.05, 4.69) is 11.4 Å². The first-order chi connectivity index (χ1) is 11.5. The first-order valence-electron chi connectivity index (χ1n) is 7.07. The lowest BCUT2D eigenvalue weighted by atomic mass is 9.86. The van der Waals surface area contributed by atoms with Crippen LogP contribution in [0.3, 0.4) is 0 Å². The number of ether oxygens (including phenoxy) is 2. The summed E-state index contributed by atoms with van der Waals surface area (Å²) in [5, 5.41) is 12.6. The highest BCUT2D eigenvalue weighted by molar-refractivity contribution is 8.03. The quantitative estimate of drug-likeness (QED) is 0.801. The van der Waals surface area contributed by atoms with Crippen LogP contribution in [0.25, 0.3) is 0 Å². The average Bonchev–Trinajstić information content (AvgIpc) is 2.58. The Bertz CT molecular complexity index is 739. The van der Waals surface area contributed by atoms with Gasteiger partial charge in [-0.2, -0.15) is 5.26 Å². The highest BCUT2D eigenvalue weighted by Gasteiger charge is 2.31. The molecule has 7 nitrogen and oxygen atoms in total. The van der Waals surface area contributed by atoms with Gasteiger partial charge in [-0.3, -0.25) is 9.59 Å². The van der Waals surface area contributed by atoms with Crippen LogP contribution in [0, 0.1) is 11.3 Å². The van der Waals surface area contributed by atoms with E-state index in [1.54, 1.807) is 18.2 Å². The monoisotopic (exact) mass is 347 g/mol. The second-order valence-corrected chi connectivity index (χ2v) is 6.01. The largest absolute Gasteiger partial charge is 0.497 e. The minimum Gasteiger partial charge on any atom is -0.497 e. The molecule has 126 valence electrons. The van der Waals surface area contributed by atoms with Crippen molar-refractivity contribution in [2.75, 3.05) is 20.0 Å². The van der Waals surface area contributed by atoms with Crippen LogP contribution < -0.4 is 20.5 Å². The van der Waals surface area contributed by atoms with Crippen molar-refractivity contribution in [1.82, 2.24) is 5.32 Å².